The van der Waals surface area contributed by atoms with Gasteiger partial charge in [-0.05, 0) is 56.6 Å². The molecule has 0 saturated carbocycles. The third-order valence-corrected chi connectivity index (χ3v) is 3.65. The van der Waals surface area contributed by atoms with Crippen molar-refractivity contribution in [3.8, 4) is 5.75 Å². The molecule has 2 rings (SSSR count). The van der Waals surface area contributed by atoms with Crippen LogP contribution >= 0.6 is 0 Å². The number of hydrogen-bond donors (Lipinski definition) is 1. The molecule has 1 heterocycles. The summed E-state index contributed by atoms with van der Waals surface area (Å²) >= 11 is 0. The molecule has 4 heteroatoms. The Bertz CT molecular complexity index is 437. The second-order valence-electron chi connectivity index (χ2n) is 4.84. The summed E-state index contributed by atoms with van der Waals surface area (Å²) in [5, 5.41) is 9.05. The number of aromatic carboxylic acids is 1. The molecule has 1 aliphatic rings. The second kappa shape index (κ2) is 5.40. The minimum atomic E-state index is -0.943. The fraction of sp³-hybridized carbons (Fsp3) is 0.500. The monoisotopic (exact) mass is 249 g/mol. The van der Waals surface area contributed by atoms with E-state index in [4.69, 9.17) is 9.84 Å². The zero-order valence-electron chi connectivity index (χ0n) is 10.8. The second-order valence-corrected chi connectivity index (χ2v) is 4.84. The third kappa shape index (κ3) is 2.64. The van der Waals surface area contributed by atoms with Crippen LogP contribution in [0.4, 0.5) is 0 Å². The standard InChI is InChI=1S/C14H19NO3/c1-15-7-5-10(6-8-15)11-3-4-12(14(16)17)13(9-11)18-2/h3-4,9-10H,5-8H2,1-2H3,(H,16,17). The summed E-state index contributed by atoms with van der Waals surface area (Å²) in [4.78, 5) is 13.3. The summed E-state index contributed by atoms with van der Waals surface area (Å²) in [6.07, 6.45) is 2.23. The summed E-state index contributed by atoms with van der Waals surface area (Å²) in [6, 6.07) is 5.44. The molecule has 1 fully saturated rings. The highest BCUT2D eigenvalue weighted by Crippen LogP contribution is 2.31. The molecular formula is C14H19NO3. The molecule has 0 aliphatic carbocycles. The Balaban J connectivity index is 2.22. The van der Waals surface area contributed by atoms with Crippen LogP contribution in [0.5, 0.6) is 5.75 Å². The van der Waals surface area contributed by atoms with Crippen molar-refractivity contribution in [3.05, 3.63) is 29.3 Å². The van der Waals surface area contributed by atoms with Crippen molar-refractivity contribution in [3.63, 3.8) is 0 Å². The number of nitrogens with zero attached hydrogens (tertiary/aromatic N) is 1. The van der Waals surface area contributed by atoms with Crippen molar-refractivity contribution < 1.29 is 14.6 Å². The van der Waals surface area contributed by atoms with Crippen molar-refractivity contribution in [2.45, 2.75) is 18.8 Å². The summed E-state index contributed by atoms with van der Waals surface area (Å²) in [5.41, 5.74) is 1.42. The van der Waals surface area contributed by atoms with Crippen LogP contribution in [0, 0.1) is 0 Å². The topological polar surface area (TPSA) is 49.8 Å². The van der Waals surface area contributed by atoms with Crippen molar-refractivity contribution >= 4 is 5.97 Å². The third-order valence-electron chi connectivity index (χ3n) is 3.65. The number of ether oxygens (including phenoxy) is 1. The Labute approximate surface area is 107 Å². The first kappa shape index (κ1) is 12.9. The smallest absolute Gasteiger partial charge is 0.339 e. The molecule has 0 amide bonds. The zero-order valence-corrected chi connectivity index (χ0v) is 10.8. The quantitative estimate of drug-likeness (QED) is 0.892. The molecule has 1 aromatic carbocycles. The first-order valence-corrected chi connectivity index (χ1v) is 6.21. The largest absolute Gasteiger partial charge is 0.496 e. The van der Waals surface area contributed by atoms with Crippen molar-refractivity contribution in [2.75, 3.05) is 27.2 Å². The van der Waals surface area contributed by atoms with Crippen LogP contribution in [0.15, 0.2) is 18.2 Å². The van der Waals surface area contributed by atoms with E-state index in [0.29, 0.717) is 11.7 Å². The molecule has 1 aromatic rings. The number of hydrogen-bond acceptors (Lipinski definition) is 3. The van der Waals surface area contributed by atoms with Crippen LogP contribution in [0.2, 0.25) is 0 Å². The van der Waals surface area contributed by atoms with Crippen LogP contribution in [-0.4, -0.2) is 43.2 Å². The summed E-state index contributed by atoms with van der Waals surface area (Å²) in [6.45, 7) is 2.18. The molecule has 0 atom stereocenters. The lowest BCUT2D eigenvalue weighted by molar-refractivity contribution is 0.0693. The molecular weight excluding hydrogens is 230 g/mol. The predicted octanol–water partition coefficient (Wildman–Crippen LogP) is 2.20. The molecule has 0 bridgehead atoms. The Morgan fingerprint density at radius 3 is 2.61 bits per heavy atom. The van der Waals surface area contributed by atoms with Crippen LogP contribution in [-0.2, 0) is 0 Å². The van der Waals surface area contributed by atoms with E-state index in [1.807, 2.05) is 12.1 Å². The van der Waals surface area contributed by atoms with E-state index in [2.05, 4.69) is 11.9 Å². The number of carbonyl (C=O) groups is 1. The van der Waals surface area contributed by atoms with Gasteiger partial charge in [-0.25, -0.2) is 4.79 Å². The van der Waals surface area contributed by atoms with E-state index in [1.165, 1.54) is 12.7 Å². The maximum absolute atomic E-state index is 11.0. The number of carboxylic acid groups (broad SMARTS) is 1. The average Bonchev–Trinajstić information content (AvgIpc) is 2.38. The molecule has 1 N–H and O–H groups in total. The highest BCUT2D eigenvalue weighted by molar-refractivity contribution is 5.91. The first-order chi connectivity index (χ1) is 8.61. The Hall–Kier alpha value is -1.55. The van der Waals surface area contributed by atoms with Crippen LogP contribution in [0.3, 0.4) is 0 Å². The molecule has 4 nitrogen and oxygen atoms in total. The summed E-state index contributed by atoms with van der Waals surface area (Å²) < 4.78 is 5.17. The molecule has 0 unspecified atom stereocenters. The minimum Gasteiger partial charge on any atom is -0.496 e. The fourth-order valence-electron chi connectivity index (χ4n) is 2.48. The van der Waals surface area contributed by atoms with E-state index in [1.54, 1.807) is 6.07 Å². The zero-order chi connectivity index (χ0) is 13.1. The van der Waals surface area contributed by atoms with Crippen LogP contribution in [0.25, 0.3) is 0 Å². The lowest BCUT2D eigenvalue weighted by Gasteiger charge is -2.29. The van der Waals surface area contributed by atoms with E-state index in [-0.39, 0.29) is 5.56 Å². The molecule has 0 spiro atoms. The fourth-order valence-corrected chi connectivity index (χ4v) is 2.48. The van der Waals surface area contributed by atoms with Gasteiger partial charge in [-0.1, -0.05) is 6.07 Å². The van der Waals surface area contributed by atoms with Gasteiger partial charge in [0, 0.05) is 0 Å². The van der Waals surface area contributed by atoms with E-state index >= 15 is 0 Å². The highest BCUT2D eigenvalue weighted by atomic mass is 16.5. The lowest BCUT2D eigenvalue weighted by atomic mass is 9.89. The lowest BCUT2D eigenvalue weighted by Crippen LogP contribution is -2.29. The Kier molecular flexibility index (Phi) is 3.87. The van der Waals surface area contributed by atoms with Gasteiger partial charge in [0.15, 0.2) is 0 Å². The van der Waals surface area contributed by atoms with Gasteiger partial charge in [-0.15, -0.1) is 0 Å². The van der Waals surface area contributed by atoms with Gasteiger partial charge in [0.1, 0.15) is 11.3 Å². The van der Waals surface area contributed by atoms with Gasteiger partial charge in [-0.2, -0.15) is 0 Å². The summed E-state index contributed by atoms with van der Waals surface area (Å²) in [5.74, 6) is 0.0265. The average molecular weight is 249 g/mol. The number of methoxy groups -OCH3 is 1. The number of benzene rings is 1. The van der Waals surface area contributed by atoms with Crippen LogP contribution < -0.4 is 4.74 Å². The Morgan fingerprint density at radius 1 is 1.39 bits per heavy atom. The van der Waals surface area contributed by atoms with Gasteiger partial charge >= 0.3 is 5.97 Å². The van der Waals surface area contributed by atoms with Crippen molar-refractivity contribution in [1.29, 1.82) is 0 Å². The normalized spacial score (nSPS) is 17.7. The van der Waals surface area contributed by atoms with E-state index in [9.17, 15) is 4.79 Å². The number of carboxylic acids is 1. The molecule has 0 aromatic heterocycles. The minimum absolute atomic E-state index is 0.231. The molecule has 98 valence electrons. The highest BCUT2D eigenvalue weighted by Gasteiger charge is 2.20. The van der Waals surface area contributed by atoms with Gasteiger partial charge < -0.3 is 14.7 Å². The number of rotatable bonds is 3. The molecule has 18 heavy (non-hydrogen) atoms. The molecule has 1 saturated heterocycles. The van der Waals surface area contributed by atoms with Gasteiger partial charge in [0.25, 0.3) is 0 Å². The van der Waals surface area contributed by atoms with Crippen molar-refractivity contribution in [2.24, 2.45) is 0 Å². The maximum Gasteiger partial charge on any atom is 0.339 e. The summed E-state index contributed by atoms with van der Waals surface area (Å²) in [7, 11) is 3.64. The van der Waals surface area contributed by atoms with Crippen LogP contribution in [0.1, 0.15) is 34.7 Å². The maximum atomic E-state index is 11.0. The Morgan fingerprint density at radius 2 is 2.06 bits per heavy atom. The SMILES string of the molecule is COc1cc(C2CCN(C)CC2)ccc1C(=O)O. The molecule has 0 radical (unpaired) electrons. The first-order valence-electron chi connectivity index (χ1n) is 6.21. The van der Waals surface area contributed by atoms with Gasteiger partial charge in [-0.3, -0.25) is 0 Å². The predicted molar refractivity (Wildman–Crippen MR) is 69.4 cm³/mol. The van der Waals surface area contributed by atoms with Gasteiger partial charge in [0.2, 0.25) is 0 Å². The van der Waals surface area contributed by atoms with E-state index < -0.39 is 5.97 Å². The van der Waals surface area contributed by atoms with Crippen molar-refractivity contribution in [1.82, 2.24) is 4.90 Å². The van der Waals surface area contributed by atoms with E-state index in [0.717, 1.165) is 25.9 Å². The number of piperidine rings is 1. The number of likely N-dealkylation sites (tertiary alicyclic amines) is 1. The van der Waals surface area contributed by atoms with Gasteiger partial charge in [0.05, 0.1) is 7.11 Å². The molecule has 1 aliphatic heterocycles.